The Morgan fingerprint density at radius 2 is 1.13 bits per heavy atom. The molecule has 4 bridgehead atoms. The maximum Gasteiger partial charge on any atom is 0.407 e. The molecule has 2 aromatic heterocycles. The van der Waals surface area contributed by atoms with Gasteiger partial charge in [-0.2, -0.15) is 0 Å². The topological polar surface area (TPSA) is 193 Å². The molecule has 62 heavy (non-hydrogen) atoms. The lowest BCUT2D eigenvalue weighted by Gasteiger charge is -2.40. The fraction of sp³-hybridized carbons (Fsp3) is 0.522. The van der Waals surface area contributed by atoms with Crippen LogP contribution in [0.3, 0.4) is 0 Å². The molecule has 9 rings (SSSR count). The fourth-order valence-corrected chi connectivity index (χ4v) is 10.7. The van der Waals surface area contributed by atoms with Gasteiger partial charge < -0.3 is 49.3 Å². The number of nitrogens with zero attached hydrogens (tertiary/aromatic N) is 4. The molecule has 4 fully saturated rings. The summed E-state index contributed by atoms with van der Waals surface area (Å²) in [5, 5.41) is 5.51. The third-order valence-corrected chi connectivity index (χ3v) is 13.9. The number of ether oxygens (including phenoxy) is 4. The third kappa shape index (κ3) is 6.91. The van der Waals surface area contributed by atoms with Crippen molar-refractivity contribution >= 4 is 24.0 Å². The van der Waals surface area contributed by atoms with Crippen LogP contribution in [-0.2, 0) is 30.1 Å². The number of carbonyl (C=O) groups excluding carboxylic acids is 4. The van der Waals surface area contributed by atoms with Gasteiger partial charge in [0, 0.05) is 24.2 Å². The van der Waals surface area contributed by atoms with Gasteiger partial charge in [-0.05, 0) is 85.5 Å². The van der Waals surface area contributed by atoms with E-state index in [0.29, 0.717) is 49.6 Å². The first kappa shape index (κ1) is 41.3. The van der Waals surface area contributed by atoms with Gasteiger partial charge in [-0.3, -0.25) is 9.59 Å². The van der Waals surface area contributed by atoms with Crippen molar-refractivity contribution in [1.82, 2.24) is 40.4 Å². The van der Waals surface area contributed by atoms with Crippen LogP contribution in [0.4, 0.5) is 9.59 Å². The van der Waals surface area contributed by atoms with Crippen molar-refractivity contribution in [2.75, 3.05) is 40.5 Å². The van der Waals surface area contributed by atoms with E-state index in [2.05, 4.69) is 32.7 Å². The Labute approximate surface area is 360 Å². The lowest BCUT2D eigenvalue weighted by molar-refractivity contribution is -0.141. The van der Waals surface area contributed by atoms with Crippen LogP contribution < -0.4 is 20.1 Å². The zero-order valence-corrected chi connectivity index (χ0v) is 36.2. The Morgan fingerprint density at radius 3 is 1.61 bits per heavy atom. The van der Waals surface area contributed by atoms with E-state index in [0.717, 1.165) is 83.8 Å². The Bertz CT molecular complexity index is 2370. The Morgan fingerprint density at radius 1 is 0.677 bits per heavy atom. The van der Waals surface area contributed by atoms with E-state index in [1.165, 1.54) is 14.2 Å². The summed E-state index contributed by atoms with van der Waals surface area (Å²) in [5.74, 6) is 2.99. The SMILES string of the molecule is COC(=O)N[C@H](C(=O)N1C[C@H]2CCC1(c1ncc(-c3ccc(-c4ccc(-c5cnc([C@]67CC[C@H](CN6C(=O)[C@@H](NC(=O)OC)C(C)C)C7)[nH]5)c5c4OCCO5)cc3)[nH]1)C2)C(C)C. The molecule has 5 aliphatic rings. The molecule has 16 nitrogen and oxygen atoms in total. The Hall–Kier alpha value is -6.06. The van der Waals surface area contributed by atoms with E-state index < -0.39 is 35.3 Å². The summed E-state index contributed by atoms with van der Waals surface area (Å²) in [6.45, 7) is 9.72. The smallest absolute Gasteiger partial charge is 0.407 e. The zero-order valence-electron chi connectivity index (χ0n) is 36.2. The molecule has 2 saturated heterocycles. The van der Waals surface area contributed by atoms with Gasteiger partial charge in [-0.1, -0.05) is 52.0 Å². The van der Waals surface area contributed by atoms with Gasteiger partial charge in [0.2, 0.25) is 11.8 Å². The van der Waals surface area contributed by atoms with Gasteiger partial charge in [0.1, 0.15) is 48.0 Å². The highest BCUT2D eigenvalue weighted by Gasteiger charge is 2.58. The zero-order chi connectivity index (χ0) is 43.5. The first-order valence-electron chi connectivity index (χ1n) is 21.8. The monoisotopic (exact) mass is 848 g/mol. The molecule has 2 aromatic carbocycles. The lowest BCUT2D eigenvalue weighted by Crippen LogP contribution is -2.56. The number of fused-ring (bicyclic) bond motifs is 5. The number of piperidine rings is 2. The van der Waals surface area contributed by atoms with E-state index >= 15 is 0 Å². The van der Waals surface area contributed by atoms with Crippen molar-refractivity contribution in [3.8, 4) is 45.1 Å². The molecule has 16 heteroatoms. The number of likely N-dealkylation sites (tertiary alicyclic amines) is 2. The van der Waals surface area contributed by atoms with E-state index in [1.807, 2.05) is 68.0 Å². The second kappa shape index (κ2) is 16.0. The standard InChI is InChI=1S/C46H56N8O8/c1-25(2)35(51-43(57)59-5)39(55)53-23-27-13-15-45(53,19-27)41-47-21-33(49-41)30-9-7-29(8-10-30)31-11-12-32(38-37(31)61-17-18-62-38)34-22-48-42(50-34)46-16-14-28(20-46)24-54(46)40(56)36(26(3)4)52-44(58)60-6/h7-12,21-22,25-28,35-36H,13-20,23-24H2,1-6H3,(H,47,49)(H,48,50)(H,51,57)(H,52,58)/t27-,28-,35-,36-,45?,46+/m0/s1. The Kier molecular flexibility index (Phi) is 10.7. The summed E-state index contributed by atoms with van der Waals surface area (Å²) in [7, 11) is 2.60. The van der Waals surface area contributed by atoms with Crippen LogP contribution in [0.2, 0.25) is 0 Å². The van der Waals surface area contributed by atoms with Crippen LogP contribution in [0, 0.1) is 23.7 Å². The quantitative estimate of drug-likeness (QED) is 0.132. The second-order valence-corrected chi connectivity index (χ2v) is 18.3. The number of alkyl carbamates (subject to hydrolysis) is 2. The minimum absolute atomic E-state index is 0.117. The average Bonchev–Trinajstić information content (AvgIpc) is 4.16. The van der Waals surface area contributed by atoms with Crippen molar-refractivity contribution in [2.24, 2.45) is 23.7 Å². The highest BCUT2D eigenvalue weighted by molar-refractivity contribution is 5.88. The molecule has 0 spiro atoms. The number of hydrogen-bond acceptors (Lipinski definition) is 10. The average molecular weight is 849 g/mol. The lowest BCUT2D eigenvalue weighted by atomic mass is 9.93. The summed E-state index contributed by atoms with van der Waals surface area (Å²) < 4.78 is 22.3. The molecule has 4 aromatic rings. The predicted octanol–water partition coefficient (Wildman–Crippen LogP) is 6.34. The van der Waals surface area contributed by atoms with Gasteiger partial charge >= 0.3 is 12.2 Å². The molecular formula is C46H56N8O8. The van der Waals surface area contributed by atoms with Gasteiger partial charge in [-0.25, -0.2) is 19.6 Å². The number of aromatic nitrogens is 4. The minimum atomic E-state index is -0.721. The molecule has 5 heterocycles. The van der Waals surface area contributed by atoms with Crippen molar-refractivity contribution in [1.29, 1.82) is 0 Å². The number of nitrogens with one attached hydrogen (secondary N) is 4. The van der Waals surface area contributed by atoms with E-state index in [4.69, 9.17) is 28.9 Å². The third-order valence-electron chi connectivity index (χ3n) is 13.9. The van der Waals surface area contributed by atoms with Crippen LogP contribution in [0.5, 0.6) is 11.5 Å². The summed E-state index contributed by atoms with van der Waals surface area (Å²) in [6.07, 6.45) is 7.60. The van der Waals surface area contributed by atoms with Crippen LogP contribution in [0.15, 0.2) is 48.8 Å². The number of imidazole rings is 2. The van der Waals surface area contributed by atoms with Gasteiger partial charge in [0.05, 0.1) is 38.0 Å². The number of aromatic amines is 2. The first-order chi connectivity index (χ1) is 29.8. The molecule has 3 aliphatic heterocycles. The normalized spacial score (nSPS) is 24.4. The molecular weight excluding hydrogens is 793 g/mol. The van der Waals surface area contributed by atoms with Gasteiger partial charge in [0.15, 0.2) is 11.5 Å². The van der Waals surface area contributed by atoms with Crippen LogP contribution in [0.25, 0.3) is 33.6 Å². The second-order valence-electron chi connectivity index (χ2n) is 18.3. The maximum absolute atomic E-state index is 14.1. The van der Waals surface area contributed by atoms with Crippen molar-refractivity contribution in [2.45, 2.75) is 89.4 Å². The molecule has 2 aliphatic carbocycles. The summed E-state index contributed by atoms with van der Waals surface area (Å²) in [4.78, 5) is 73.2. The molecule has 0 radical (unpaired) electrons. The van der Waals surface area contributed by atoms with E-state index in [-0.39, 0.29) is 23.7 Å². The number of carbonyl (C=O) groups is 4. The maximum atomic E-state index is 14.1. The molecule has 1 unspecified atom stereocenters. The number of H-pyrrole nitrogens is 2. The first-order valence-corrected chi connectivity index (χ1v) is 21.8. The van der Waals surface area contributed by atoms with E-state index in [9.17, 15) is 19.2 Å². The number of amides is 4. The highest BCUT2D eigenvalue weighted by Crippen LogP contribution is 2.54. The summed E-state index contributed by atoms with van der Waals surface area (Å²) in [5.41, 5.74) is 4.04. The number of rotatable bonds is 11. The highest BCUT2D eigenvalue weighted by atomic mass is 16.6. The number of benzene rings is 2. The van der Waals surface area contributed by atoms with Gasteiger partial charge in [0.25, 0.3) is 0 Å². The summed E-state index contributed by atoms with van der Waals surface area (Å²) >= 11 is 0. The van der Waals surface area contributed by atoms with Crippen molar-refractivity contribution in [3.63, 3.8) is 0 Å². The fourth-order valence-electron chi connectivity index (χ4n) is 10.7. The van der Waals surface area contributed by atoms with Crippen molar-refractivity contribution < 1.29 is 38.1 Å². The van der Waals surface area contributed by atoms with Crippen LogP contribution in [-0.4, -0.2) is 106 Å². The van der Waals surface area contributed by atoms with Crippen LogP contribution >= 0.6 is 0 Å². The largest absolute Gasteiger partial charge is 0.485 e. The number of hydrogen-bond donors (Lipinski definition) is 4. The predicted molar refractivity (Wildman–Crippen MR) is 228 cm³/mol. The van der Waals surface area contributed by atoms with Crippen molar-refractivity contribution in [3.05, 3.63) is 60.4 Å². The molecule has 4 amide bonds. The van der Waals surface area contributed by atoms with E-state index in [1.54, 1.807) is 6.20 Å². The molecule has 2 saturated carbocycles. The minimum Gasteiger partial charge on any atom is -0.485 e. The summed E-state index contributed by atoms with van der Waals surface area (Å²) in [6, 6.07) is 10.8. The number of methoxy groups -OCH3 is 2. The van der Waals surface area contributed by atoms with Crippen LogP contribution in [0.1, 0.15) is 77.9 Å². The molecule has 6 atom stereocenters. The Balaban J connectivity index is 0.958. The molecule has 328 valence electrons. The molecule has 4 N–H and O–H groups in total. The van der Waals surface area contributed by atoms with Gasteiger partial charge in [-0.15, -0.1) is 0 Å².